The number of thioether (sulfide) groups is 1. The first kappa shape index (κ1) is 21.4. The summed E-state index contributed by atoms with van der Waals surface area (Å²) in [5.74, 6) is -0.0851. The first-order valence-electron chi connectivity index (χ1n) is 8.97. The Morgan fingerprint density at radius 2 is 1.86 bits per heavy atom. The molecule has 0 radical (unpaired) electrons. The van der Waals surface area contributed by atoms with Gasteiger partial charge in [-0.3, -0.25) is 14.9 Å². The highest BCUT2D eigenvalue weighted by molar-refractivity contribution is 8.00. The molecular weight excluding hydrogens is 426 g/mol. The number of hydrogen-bond acceptors (Lipinski definition) is 5. The van der Waals surface area contributed by atoms with Crippen LogP contribution in [0.2, 0.25) is 5.02 Å². The molecule has 3 aromatic rings. The molecule has 2 N–H and O–H groups in total. The van der Waals surface area contributed by atoms with E-state index in [4.69, 9.17) is 11.6 Å². The highest BCUT2D eigenvalue weighted by Gasteiger charge is 2.15. The van der Waals surface area contributed by atoms with E-state index in [1.54, 1.807) is 18.2 Å². The van der Waals surface area contributed by atoms with Gasteiger partial charge in [0.05, 0.1) is 17.0 Å². The maximum Gasteiger partial charge on any atom is 0.258 e. The van der Waals surface area contributed by atoms with Gasteiger partial charge in [-0.1, -0.05) is 41.9 Å². The van der Waals surface area contributed by atoms with Gasteiger partial charge in [-0.2, -0.15) is 0 Å². The summed E-state index contributed by atoms with van der Waals surface area (Å²) in [5, 5.41) is 8.64. The van der Waals surface area contributed by atoms with E-state index in [1.165, 1.54) is 23.1 Å². The number of anilines is 1. The summed E-state index contributed by atoms with van der Waals surface area (Å²) in [5.41, 5.74) is 2.03. The predicted octanol–water partition coefficient (Wildman–Crippen LogP) is 5.33. The molecule has 5 nitrogen and oxygen atoms in total. The largest absolute Gasteiger partial charge is 0.353 e. The summed E-state index contributed by atoms with van der Waals surface area (Å²) >= 11 is 8.89. The van der Waals surface area contributed by atoms with Crippen LogP contribution in [-0.2, 0) is 4.79 Å². The van der Waals surface area contributed by atoms with Crippen LogP contribution in [0.25, 0.3) is 11.3 Å². The van der Waals surface area contributed by atoms with Gasteiger partial charge >= 0.3 is 0 Å². The van der Waals surface area contributed by atoms with E-state index in [1.807, 2.05) is 49.6 Å². The van der Waals surface area contributed by atoms with E-state index in [0.717, 1.165) is 10.5 Å². The van der Waals surface area contributed by atoms with Crippen LogP contribution in [0.5, 0.6) is 0 Å². The second-order valence-corrected chi connectivity index (χ2v) is 8.76. The molecule has 8 heteroatoms. The Morgan fingerprint density at radius 3 is 2.62 bits per heavy atom. The van der Waals surface area contributed by atoms with Gasteiger partial charge in [0.1, 0.15) is 0 Å². The molecule has 0 unspecified atom stereocenters. The van der Waals surface area contributed by atoms with Crippen molar-refractivity contribution in [3.8, 4) is 11.3 Å². The molecule has 0 spiro atoms. The topological polar surface area (TPSA) is 71.1 Å². The fourth-order valence-electron chi connectivity index (χ4n) is 2.58. The summed E-state index contributed by atoms with van der Waals surface area (Å²) in [7, 11) is 0. The molecule has 1 heterocycles. The maximum absolute atomic E-state index is 12.8. The van der Waals surface area contributed by atoms with Crippen molar-refractivity contribution in [3.05, 3.63) is 64.5 Å². The average molecular weight is 446 g/mol. The first-order valence-corrected chi connectivity index (χ1v) is 11.2. The highest BCUT2D eigenvalue weighted by Crippen LogP contribution is 2.31. The van der Waals surface area contributed by atoms with E-state index in [2.05, 4.69) is 15.6 Å². The van der Waals surface area contributed by atoms with Crippen LogP contribution in [-0.4, -0.2) is 28.6 Å². The van der Waals surface area contributed by atoms with Crippen molar-refractivity contribution in [1.29, 1.82) is 0 Å². The normalized spacial score (nSPS) is 10.8. The number of rotatable bonds is 7. The van der Waals surface area contributed by atoms with E-state index in [0.29, 0.717) is 21.4 Å². The molecule has 0 bridgehead atoms. The van der Waals surface area contributed by atoms with Crippen LogP contribution in [0.1, 0.15) is 24.2 Å². The van der Waals surface area contributed by atoms with Crippen LogP contribution < -0.4 is 10.6 Å². The van der Waals surface area contributed by atoms with Crippen molar-refractivity contribution in [2.24, 2.45) is 0 Å². The SMILES string of the molecule is CC(C)NC(=O)CSc1ccccc1C(=O)Nc1nc(-c2ccccc2Cl)cs1. The Bertz CT molecular complexity index is 1020. The zero-order valence-electron chi connectivity index (χ0n) is 15.9. The lowest BCUT2D eigenvalue weighted by atomic mass is 10.2. The van der Waals surface area contributed by atoms with Crippen LogP contribution in [0.4, 0.5) is 5.13 Å². The lowest BCUT2D eigenvalue weighted by Crippen LogP contribution is -2.31. The Balaban J connectivity index is 1.70. The molecule has 0 aliphatic rings. The van der Waals surface area contributed by atoms with Crippen LogP contribution in [0.3, 0.4) is 0 Å². The lowest BCUT2D eigenvalue weighted by molar-refractivity contribution is -0.119. The quantitative estimate of drug-likeness (QED) is 0.482. The van der Waals surface area contributed by atoms with Crippen LogP contribution in [0.15, 0.2) is 58.8 Å². The van der Waals surface area contributed by atoms with E-state index >= 15 is 0 Å². The fourth-order valence-corrected chi connectivity index (χ4v) is 4.37. The van der Waals surface area contributed by atoms with Crippen molar-refractivity contribution in [1.82, 2.24) is 10.3 Å². The van der Waals surface area contributed by atoms with Crippen LogP contribution >= 0.6 is 34.7 Å². The number of carbonyl (C=O) groups is 2. The highest BCUT2D eigenvalue weighted by atomic mass is 35.5. The third kappa shape index (κ3) is 5.82. The number of thiazole rings is 1. The standard InChI is InChI=1S/C21H20ClN3O2S2/c1-13(2)23-19(26)12-28-18-10-6-4-8-15(18)20(27)25-21-24-17(11-29-21)14-7-3-5-9-16(14)22/h3-11,13H,12H2,1-2H3,(H,23,26)(H,24,25,27). The summed E-state index contributed by atoms with van der Waals surface area (Å²) in [6, 6.07) is 14.7. The zero-order chi connectivity index (χ0) is 20.8. The van der Waals surface area contributed by atoms with Gasteiger partial charge in [0.15, 0.2) is 5.13 Å². The second-order valence-electron chi connectivity index (χ2n) is 6.48. The molecule has 0 atom stereocenters. The Labute approximate surface area is 182 Å². The maximum atomic E-state index is 12.8. The number of hydrogen-bond donors (Lipinski definition) is 2. The van der Waals surface area contributed by atoms with Crippen molar-refractivity contribution >= 4 is 51.6 Å². The number of aromatic nitrogens is 1. The molecular formula is C21H20ClN3O2S2. The number of nitrogens with zero attached hydrogens (tertiary/aromatic N) is 1. The number of halogens is 1. The molecule has 2 amide bonds. The van der Waals surface area contributed by atoms with Gasteiger partial charge in [0, 0.05) is 26.9 Å². The monoisotopic (exact) mass is 445 g/mol. The summed E-state index contributed by atoms with van der Waals surface area (Å²) in [6.07, 6.45) is 0. The Kier molecular flexibility index (Phi) is 7.30. The minimum absolute atomic E-state index is 0.0653. The second kappa shape index (κ2) is 9.91. The smallest absolute Gasteiger partial charge is 0.258 e. The molecule has 2 aromatic carbocycles. The number of benzene rings is 2. The van der Waals surface area contributed by atoms with Crippen molar-refractivity contribution in [3.63, 3.8) is 0 Å². The minimum Gasteiger partial charge on any atom is -0.353 e. The predicted molar refractivity (Wildman–Crippen MR) is 121 cm³/mol. The molecule has 29 heavy (non-hydrogen) atoms. The van der Waals surface area contributed by atoms with Crippen molar-refractivity contribution in [2.75, 3.05) is 11.1 Å². The van der Waals surface area contributed by atoms with E-state index < -0.39 is 0 Å². The summed E-state index contributed by atoms with van der Waals surface area (Å²) in [4.78, 5) is 29.9. The summed E-state index contributed by atoms with van der Waals surface area (Å²) in [6.45, 7) is 3.82. The fraction of sp³-hybridized carbons (Fsp3) is 0.190. The lowest BCUT2D eigenvalue weighted by Gasteiger charge is -2.10. The number of nitrogens with one attached hydrogen (secondary N) is 2. The minimum atomic E-state index is -0.266. The van der Waals surface area contributed by atoms with Gasteiger partial charge < -0.3 is 5.32 Å². The third-order valence-corrected chi connectivity index (χ3v) is 5.98. The van der Waals surface area contributed by atoms with Gasteiger partial charge in [-0.15, -0.1) is 23.1 Å². The van der Waals surface area contributed by atoms with Gasteiger partial charge in [-0.05, 0) is 32.0 Å². The van der Waals surface area contributed by atoms with Crippen molar-refractivity contribution in [2.45, 2.75) is 24.8 Å². The average Bonchev–Trinajstić information content (AvgIpc) is 3.14. The van der Waals surface area contributed by atoms with Crippen molar-refractivity contribution < 1.29 is 9.59 Å². The summed E-state index contributed by atoms with van der Waals surface area (Å²) < 4.78 is 0. The van der Waals surface area contributed by atoms with E-state index in [9.17, 15) is 9.59 Å². The van der Waals surface area contributed by atoms with Gasteiger partial charge in [-0.25, -0.2) is 4.98 Å². The van der Waals surface area contributed by atoms with Gasteiger partial charge in [0.2, 0.25) is 5.91 Å². The molecule has 0 aliphatic heterocycles. The molecule has 150 valence electrons. The molecule has 0 saturated carbocycles. The molecule has 1 aromatic heterocycles. The number of carbonyl (C=O) groups excluding carboxylic acids is 2. The van der Waals surface area contributed by atoms with E-state index in [-0.39, 0.29) is 23.6 Å². The molecule has 3 rings (SSSR count). The third-order valence-electron chi connectivity index (χ3n) is 3.81. The zero-order valence-corrected chi connectivity index (χ0v) is 18.3. The molecule has 0 saturated heterocycles. The van der Waals surface area contributed by atoms with Crippen LogP contribution in [0, 0.1) is 0 Å². The first-order chi connectivity index (χ1) is 13.9. The van der Waals surface area contributed by atoms with Gasteiger partial charge in [0.25, 0.3) is 5.91 Å². The Hall–Kier alpha value is -2.35. The molecule has 0 aliphatic carbocycles. The molecule has 0 fully saturated rings. The number of amides is 2. The Morgan fingerprint density at radius 1 is 1.14 bits per heavy atom.